The highest BCUT2D eigenvalue weighted by Gasteiger charge is 2.32. The minimum Gasteiger partial charge on any atom is -0.353 e. The highest BCUT2D eigenvalue weighted by molar-refractivity contribution is 7.17. The molecule has 178 valence electrons. The SMILES string of the molecule is Cc1ccc(-c2nc(C)c(C(=O)N3CCC(C(C)C(=O)NC4CCCCCC4)CC3)s2)cc1. The van der Waals surface area contributed by atoms with Crippen molar-refractivity contribution < 1.29 is 9.59 Å². The molecule has 1 aromatic heterocycles. The van der Waals surface area contributed by atoms with Gasteiger partial charge in [-0.1, -0.05) is 62.4 Å². The number of carbonyl (C=O) groups is 2. The first-order chi connectivity index (χ1) is 15.9. The monoisotopic (exact) mass is 467 g/mol. The zero-order valence-corrected chi connectivity index (χ0v) is 21.0. The summed E-state index contributed by atoms with van der Waals surface area (Å²) >= 11 is 1.49. The maximum atomic E-state index is 13.2. The van der Waals surface area contributed by atoms with Crippen molar-refractivity contribution in [3.63, 3.8) is 0 Å². The van der Waals surface area contributed by atoms with Crippen molar-refractivity contribution >= 4 is 23.2 Å². The second-order valence-electron chi connectivity index (χ2n) is 9.91. The van der Waals surface area contributed by atoms with Crippen LogP contribution in [0.5, 0.6) is 0 Å². The summed E-state index contributed by atoms with van der Waals surface area (Å²) in [7, 11) is 0. The van der Waals surface area contributed by atoms with Gasteiger partial charge in [-0.15, -0.1) is 11.3 Å². The van der Waals surface area contributed by atoms with Crippen LogP contribution >= 0.6 is 11.3 Å². The van der Waals surface area contributed by atoms with Crippen LogP contribution in [0, 0.1) is 25.7 Å². The minimum absolute atomic E-state index is 0.00351. The van der Waals surface area contributed by atoms with Crippen molar-refractivity contribution in [2.45, 2.75) is 78.2 Å². The molecule has 2 aliphatic rings. The number of nitrogens with zero attached hydrogens (tertiary/aromatic N) is 2. The predicted octanol–water partition coefficient (Wildman–Crippen LogP) is 5.75. The summed E-state index contributed by atoms with van der Waals surface area (Å²) in [4.78, 5) is 33.5. The number of amides is 2. The highest BCUT2D eigenvalue weighted by atomic mass is 32.1. The molecular weight excluding hydrogens is 430 g/mol. The third-order valence-electron chi connectivity index (χ3n) is 7.44. The summed E-state index contributed by atoms with van der Waals surface area (Å²) in [5, 5.41) is 4.22. The number of thiazole rings is 1. The molecular formula is C27H37N3O2S. The number of carbonyl (C=O) groups excluding carboxylic acids is 2. The molecule has 1 aliphatic carbocycles. The number of nitrogens with one attached hydrogen (secondary N) is 1. The normalized spacial score (nSPS) is 19.2. The van der Waals surface area contributed by atoms with Crippen LogP contribution in [-0.4, -0.2) is 40.8 Å². The predicted molar refractivity (Wildman–Crippen MR) is 134 cm³/mol. The topological polar surface area (TPSA) is 62.3 Å². The van der Waals surface area contributed by atoms with Gasteiger partial charge in [0.1, 0.15) is 9.88 Å². The van der Waals surface area contributed by atoms with Gasteiger partial charge in [0.05, 0.1) is 5.69 Å². The number of aryl methyl sites for hydroxylation is 2. The van der Waals surface area contributed by atoms with Gasteiger partial charge in [0.15, 0.2) is 0 Å². The first kappa shape index (κ1) is 23.9. The second kappa shape index (κ2) is 10.8. The van der Waals surface area contributed by atoms with Gasteiger partial charge in [-0.2, -0.15) is 0 Å². The van der Waals surface area contributed by atoms with E-state index in [9.17, 15) is 9.59 Å². The summed E-state index contributed by atoms with van der Waals surface area (Å²) in [6, 6.07) is 8.63. The second-order valence-corrected chi connectivity index (χ2v) is 10.9. The fraction of sp³-hybridized carbons (Fsp3) is 0.593. The quantitative estimate of drug-likeness (QED) is 0.569. The van der Waals surface area contributed by atoms with Crippen LogP contribution < -0.4 is 5.32 Å². The average molecular weight is 468 g/mol. The smallest absolute Gasteiger partial charge is 0.265 e. The molecule has 2 fully saturated rings. The van der Waals surface area contributed by atoms with Crippen molar-refractivity contribution in [3.05, 3.63) is 40.4 Å². The molecule has 1 aromatic carbocycles. The summed E-state index contributed by atoms with van der Waals surface area (Å²) in [6.07, 6.45) is 9.03. The molecule has 4 rings (SSSR count). The Kier molecular flexibility index (Phi) is 7.84. The van der Waals surface area contributed by atoms with E-state index < -0.39 is 0 Å². The van der Waals surface area contributed by atoms with E-state index in [0.29, 0.717) is 25.0 Å². The van der Waals surface area contributed by atoms with E-state index >= 15 is 0 Å². The van der Waals surface area contributed by atoms with E-state index in [1.54, 1.807) is 0 Å². The van der Waals surface area contributed by atoms with Crippen LogP contribution in [0.25, 0.3) is 10.6 Å². The molecule has 2 aromatic rings. The number of aromatic nitrogens is 1. The maximum Gasteiger partial charge on any atom is 0.265 e. The van der Waals surface area contributed by atoms with Gasteiger partial charge in [0, 0.05) is 30.6 Å². The van der Waals surface area contributed by atoms with Crippen LogP contribution in [0.1, 0.15) is 79.2 Å². The summed E-state index contributed by atoms with van der Waals surface area (Å²) in [5.74, 6) is 0.624. The lowest BCUT2D eigenvalue weighted by Gasteiger charge is -2.34. The maximum absolute atomic E-state index is 13.2. The van der Waals surface area contributed by atoms with Crippen LogP contribution in [0.3, 0.4) is 0 Å². The summed E-state index contributed by atoms with van der Waals surface area (Å²) in [6.45, 7) is 7.48. The molecule has 1 aliphatic heterocycles. The van der Waals surface area contributed by atoms with Gasteiger partial charge in [-0.3, -0.25) is 9.59 Å². The fourth-order valence-corrected chi connectivity index (χ4v) is 6.17. The van der Waals surface area contributed by atoms with Crippen molar-refractivity contribution in [1.82, 2.24) is 15.2 Å². The molecule has 1 atom stereocenters. The van der Waals surface area contributed by atoms with Gasteiger partial charge in [-0.25, -0.2) is 4.98 Å². The molecule has 1 unspecified atom stereocenters. The van der Waals surface area contributed by atoms with E-state index in [1.165, 1.54) is 42.6 Å². The number of benzene rings is 1. The first-order valence-electron chi connectivity index (χ1n) is 12.6. The van der Waals surface area contributed by atoms with Crippen molar-refractivity contribution in [2.24, 2.45) is 11.8 Å². The van der Waals surface area contributed by atoms with Gasteiger partial charge < -0.3 is 10.2 Å². The van der Waals surface area contributed by atoms with E-state index in [-0.39, 0.29) is 17.7 Å². The fourth-order valence-electron chi connectivity index (χ4n) is 5.13. The zero-order valence-electron chi connectivity index (χ0n) is 20.2. The number of piperidine rings is 1. The Bertz CT molecular complexity index is 952. The van der Waals surface area contributed by atoms with Crippen molar-refractivity contribution in [3.8, 4) is 10.6 Å². The molecule has 0 radical (unpaired) electrons. The molecule has 1 saturated carbocycles. The van der Waals surface area contributed by atoms with Gasteiger partial charge in [0.25, 0.3) is 5.91 Å². The van der Waals surface area contributed by atoms with Crippen LogP contribution in [0.2, 0.25) is 0 Å². The zero-order chi connectivity index (χ0) is 23.4. The molecule has 1 saturated heterocycles. The van der Waals surface area contributed by atoms with Gasteiger partial charge in [0.2, 0.25) is 5.91 Å². The van der Waals surface area contributed by atoms with E-state index in [1.807, 2.05) is 11.8 Å². The number of likely N-dealkylation sites (tertiary alicyclic amines) is 1. The molecule has 0 bridgehead atoms. The third kappa shape index (κ3) is 5.84. The molecule has 0 spiro atoms. The Morgan fingerprint density at radius 3 is 2.27 bits per heavy atom. The lowest BCUT2D eigenvalue weighted by molar-refractivity contribution is -0.127. The Morgan fingerprint density at radius 1 is 1.00 bits per heavy atom. The molecule has 5 nitrogen and oxygen atoms in total. The standard InChI is InChI=1S/C27H37N3O2S/c1-18-10-12-22(13-11-18)26-28-20(3)24(33-26)27(32)30-16-14-21(15-17-30)19(2)25(31)29-23-8-6-4-5-7-9-23/h10-13,19,21,23H,4-9,14-17H2,1-3H3,(H,29,31). The van der Waals surface area contributed by atoms with Crippen LogP contribution in [-0.2, 0) is 4.79 Å². The number of hydrogen-bond acceptors (Lipinski definition) is 4. The first-order valence-corrected chi connectivity index (χ1v) is 13.4. The Hall–Kier alpha value is -2.21. The van der Waals surface area contributed by atoms with Crippen molar-refractivity contribution in [1.29, 1.82) is 0 Å². The molecule has 1 N–H and O–H groups in total. The Balaban J connectivity index is 1.32. The number of rotatable bonds is 5. The Labute approximate surface area is 202 Å². The molecule has 6 heteroatoms. The summed E-state index contributed by atoms with van der Waals surface area (Å²) in [5.41, 5.74) is 3.07. The lowest BCUT2D eigenvalue weighted by Crippen LogP contribution is -2.44. The lowest BCUT2D eigenvalue weighted by atomic mass is 9.84. The molecule has 2 amide bonds. The minimum atomic E-state index is 0.00351. The third-order valence-corrected chi connectivity index (χ3v) is 8.63. The number of hydrogen-bond donors (Lipinski definition) is 1. The van der Waals surface area contributed by atoms with E-state index in [2.05, 4.69) is 48.4 Å². The largest absolute Gasteiger partial charge is 0.353 e. The van der Waals surface area contributed by atoms with Crippen LogP contribution in [0.15, 0.2) is 24.3 Å². The van der Waals surface area contributed by atoms with E-state index in [0.717, 1.165) is 46.8 Å². The van der Waals surface area contributed by atoms with Gasteiger partial charge in [-0.05, 0) is 45.4 Å². The molecule has 33 heavy (non-hydrogen) atoms. The Morgan fingerprint density at radius 2 is 1.64 bits per heavy atom. The molecule has 2 heterocycles. The highest BCUT2D eigenvalue weighted by Crippen LogP contribution is 2.31. The summed E-state index contributed by atoms with van der Waals surface area (Å²) < 4.78 is 0. The van der Waals surface area contributed by atoms with E-state index in [4.69, 9.17) is 0 Å². The van der Waals surface area contributed by atoms with Crippen molar-refractivity contribution in [2.75, 3.05) is 13.1 Å². The van der Waals surface area contributed by atoms with Crippen LogP contribution in [0.4, 0.5) is 0 Å². The average Bonchev–Trinajstić information content (AvgIpc) is 3.03. The van der Waals surface area contributed by atoms with Gasteiger partial charge >= 0.3 is 0 Å².